The topological polar surface area (TPSA) is 114 Å². The SMILES string of the molecule is O=C(O)c1cn(CCNS(=O)(=O)CC2CC2)nn1. The van der Waals surface area contributed by atoms with Crippen molar-refractivity contribution >= 4 is 16.0 Å². The van der Waals surface area contributed by atoms with Gasteiger partial charge in [-0.15, -0.1) is 5.10 Å². The highest BCUT2D eigenvalue weighted by Gasteiger charge is 2.27. The highest BCUT2D eigenvalue weighted by atomic mass is 32.2. The van der Waals surface area contributed by atoms with Crippen LogP contribution in [0.2, 0.25) is 0 Å². The molecule has 100 valence electrons. The Morgan fingerprint density at radius 1 is 1.56 bits per heavy atom. The number of aromatic nitrogens is 3. The second-order valence-corrected chi connectivity index (χ2v) is 6.14. The monoisotopic (exact) mass is 274 g/mol. The van der Waals surface area contributed by atoms with Crippen LogP contribution in [0, 0.1) is 5.92 Å². The zero-order valence-corrected chi connectivity index (χ0v) is 10.4. The third-order valence-electron chi connectivity index (χ3n) is 2.57. The summed E-state index contributed by atoms with van der Waals surface area (Å²) < 4.78 is 26.8. The van der Waals surface area contributed by atoms with E-state index in [2.05, 4.69) is 15.0 Å². The zero-order valence-electron chi connectivity index (χ0n) is 9.61. The first-order chi connectivity index (χ1) is 8.46. The van der Waals surface area contributed by atoms with Gasteiger partial charge in [0, 0.05) is 6.54 Å². The van der Waals surface area contributed by atoms with Gasteiger partial charge in [0.2, 0.25) is 10.0 Å². The van der Waals surface area contributed by atoms with Gasteiger partial charge in [0.1, 0.15) is 0 Å². The van der Waals surface area contributed by atoms with Gasteiger partial charge >= 0.3 is 5.97 Å². The lowest BCUT2D eigenvalue weighted by molar-refractivity contribution is 0.0690. The van der Waals surface area contributed by atoms with Crippen LogP contribution < -0.4 is 4.72 Å². The van der Waals surface area contributed by atoms with E-state index >= 15 is 0 Å². The molecule has 8 nitrogen and oxygen atoms in total. The molecule has 1 fully saturated rings. The lowest BCUT2D eigenvalue weighted by Gasteiger charge is -2.05. The van der Waals surface area contributed by atoms with E-state index in [1.54, 1.807) is 0 Å². The second-order valence-electron chi connectivity index (χ2n) is 4.29. The van der Waals surface area contributed by atoms with Gasteiger partial charge in [-0.25, -0.2) is 17.9 Å². The minimum atomic E-state index is -3.23. The molecule has 0 amide bonds. The third-order valence-corrected chi connectivity index (χ3v) is 4.13. The van der Waals surface area contributed by atoms with Crippen molar-refractivity contribution in [1.29, 1.82) is 0 Å². The molecule has 0 bridgehead atoms. The van der Waals surface area contributed by atoms with Crippen molar-refractivity contribution in [2.24, 2.45) is 5.92 Å². The van der Waals surface area contributed by atoms with E-state index in [4.69, 9.17) is 5.11 Å². The van der Waals surface area contributed by atoms with Crippen LogP contribution in [0.5, 0.6) is 0 Å². The van der Waals surface area contributed by atoms with Crippen LogP contribution in [0.4, 0.5) is 0 Å². The van der Waals surface area contributed by atoms with Crippen LogP contribution in [0.15, 0.2) is 6.20 Å². The van der Waals surface area contributed by atoms with Crippen molar-refractivity contribution in [3.8, 4) is 0 Å². The number of carboxylic acids is 1. The van der Waals surface area contributed by atoms with Crippen molar-refractivity contribution in [2.75, 3.05) is 12.3 Å². The van der Waals surface area contributed by atoms with Crippen molar-refractivity contribution in [1.82, 2.24) is 19.7 Å². The number of nitrogens with one attached hydrogen (secondary N) is 1. The molecule has 2 rings (SSSR count). The number of hydrogen-bond acceptors (Lipinski definition) is 5. The highest BCUT2D eigenvalue weighted by molar-refractivity contribution is 7.89. The first-order valence-corrected chi connectivity index (χ1v) is 7.22. The average Bonchev–Trinajstić information content (AvgIpc) is 2.93. The molecule has 1 heterocycles. The first-order valence-electron chi connectivity index (χ1n) is 5.57. The summed E-state index contributed by atoms with van der Waals surface area (Å²) in [5.41, 5.74) is -0.157. The fourth-order valence-electron chi connectivity index (χ4n) is 1.48. The number of sulfonamides is 1. The molecule has 1 aliphatic carbocycles. The average molecular weight is 274 g/mol. The molecule has 1 saturated carbocycles. The van der Waals surface area contributed by atoms with E-state index in [-0.39, 0.29) is 24.5 Å². The molecular weight excluding hydrogens is 260 g/mol. The molecule has 0 aliphatic heterocycles. The van der Waals surface area contributed by atoms with E-state index in [9.17, 15) is 13.2 Å². The molecule has 0 spiro atoms. The van der Waals surface area contributed by atoms with E-state index in [1.165, 1.54) is 10.9 Å². The van der Waals surface area contributed by atoms with Crippen LogP contribution in [0.1, 0.15) is 23.3 Å². The maximum absolute atomic E-state index is 11.5. The van der Waals surface area contributed by atoms with Gasteiger partial charge in [-0.2, -0.15) is 0 Å². The van der Waals surface area contributed by atoms with Crippen LogP contribution >= 0.6 is 0 Å². The largest absolute Gasteiger partial charge is 0.476 e. The number of hydrogen-bond donors (Lipinski definition) is 2. The molecule has 0 saturated heterocycles. The fraction of sp³-hybridized carbons (Fsp3) is 0.667. The van der Waals surface area contributed by atoms with Gasteiger partial charge in [-0.1, -0.05) is 5.21 Å². The first kappa shape index (κ1) is 13.0. The number of rotatable bonds is 7. The van der Waals surface area contributed by atoms with Crippen molar-refractivity contribution in [2.45, 2.75) is 19.4 Å². The van der Waals surface area contributed by atoms with E-state index < -0.39 is 16.0 Å². The minimum absolute atomic E-state index is 0.157. The summed E-state index contributed by atoms with van der Waals surface area (Å²) in [6.45, 7) is 0.432. The summed E-state index contributed by atoms with van der Waals surface area (Å²) in [4.78, 5) is 10.5. The number of carbonyl (C=O) groups is 1. The maximum Gasteiger partial charge on any atom is 0.358 e. The smallest absolute Gasteiger partial charge is 0.358 e. The Kier molecular flexibility index (Phi) is 3.62. The van der Waals surface area contributed by atoms with Gasteiger partial charge in [0.15, 0.2) is 5.69 Å². The molecule has 9 heteroatoms. The normalized spacial score (nSPS) is 15.8. The van der Waals surface area contributed by atoms with Gasteiger partial charge in [-0.05, 0) is 18.8 Å². The summed E-state index contributed by atoms with van der Waals surface area (Å²) in [5, 5.41) is 15.6. The molecule has 1 aromatic heterocycles. The standard InChI is InChI=1S/C9H14N4O4S/c14-9(15)8-5-13(12-11-8)4-3-10-18(16,17)6-7-1-2-7/h5,7,10H,1-4,6H2,(H,14,15). The molecule has 2 N–H and O–H groups in total. The molecule has 18 heavy (non-hydrogen) atoms. The molecule has 0 atom stereocenters. The Morgan fingerprint density at radius 3 is 2.83 bits per heavy atom. The lowest BCUT2D eigenvalue weighted by atomic mass is 10.5. The van der Waals surface area contributed by atoms with Crippen molar-refractivity contribution in [3.63, 3.8) is 0 Å². The minimum Gasteiger partial charge on any atom is -0.476 e. The Hall–Kier alpha value is -1.48. The van der Waals surface area contributed by atoms with E-state index in [0.717, 1.165) is 12.8 Å². The van der Waals surface area contributed by atoms with Gasteiger partial charge < -0.3 is 5.11 Å². The summed E-state index contributed by atoms with van der Waals surface area (Å²) >= 11 is 0. The quantitative estimate of drug-likeness (QED) is 0.680. The molecule has 1 aromatic rings. The van der Waals surface area contributed by atoms with Gasteiger partial charge in [-0.3, -0.25) is 4.68 Å². The number of carboxylic acid groups (broad SMARTS) is 1. The lowest BCUT2D eigenvalue weighted by Crippen LogP contribution is -2.30. The predicted octanol–water partition coefficient (Wildman–Crippen LogP) is -0.694. The van der Waals surface area contributed by atoms with Gasteiger partial charge in [0.05, 0.1) is 18.5 Å². The van der Waals surface area contributed by atoms with Crippen molar-refractivity contribution in [3.05, 3.63) is 11.9 Å². The number of nitrogens with zero attached hydrogens (tertiary/aromatic N) is 3. The van der Waals surface area contributed by atoms with E-state index in [0.29, 0.717) is 5.92 Å². The summed E-state index contributed by atoms with van der Waals surface area (Å²) in [5.74, 6) is -0.687. The summed E-state index contributed by atoms with van der Waals surface area (Å²) in [6, 6.07) is 0. The number of aromatic carboxylic acids is 1. The maximum atomic E-state index is 11.5. The summed E-state index contributed by atoms with van der Waals surface area (Å²) in [6.07, 6.45) is 3.22. The van der Waals surface area contributed by atoms with Gasteiger partial charge in [0.25, 0.3) is 0 Å². The predicted molar refractivity (Wildman–Crippen MR) is 61.5 cm³/mol. The van der Waals surface area contributed by atoms with Crippen LogP contribution in [-0.2, 0) is 16.6 Å². The zero-order chi connectivity index (χ0) is 13.2. The molecule has 1 aliphatic rings. The Bertz CT molecular complexity index is 535. The second kappa shape index (κ2) is 5.02. The Balaban J connectivity index is 1.78. The third kappa shape index (κ3) is 3.77. The molecular formula is C9H14N4O4S. The van der Waals surface area contributed by atoms with Crippen LogP contribution in [0.3, 0.4) is 0 Å². The van der Waals surface area contributed by atoms with E-state index in [1.807, 2.05) is 0 Å². The highest BCUT2D eigenvalue weighted by Crippen LogP contribution is 2.29. The van der Waals surface area contributed by atoms with Crippen LogP contribution in [0.25, 0.3) is 0 Å². The Morgan fingerprint density at radius 2 is 2.28 bits per heavy atom. The molecule has 0 aromatic carbocycles. The molecule has 0 unspecified atom stereocenters. The Labute approximate surface area is 104 Å². The van der Waals surface area contributed by atoms with Crippen molar-refractivity contribution < 1.29 is 18.3 Å². The van der Waals surface area contributed by atoms with Crippen LogP contribution in [-0.4, -0.2) is 46.8 Å². The molecule has 0 radical (unpaired) electrons. The fourth-order valence-corrected chi connectivity index (χ4v) is 2.95. The summed E-state index contributed by atoms with van der Waals surface area (Å²) in [7, 11) is -3.23.